The molecule has 14 nitrogen and oxygen atoms in total. The van der Waals surface area contributed by atoms with Crippen LogP contribution in [-0.2, 0) is 25.6 Å². The molecule has 16 heteroatoms. The molecule has 0 saturated carbocycles. The Morgan fingerprint density at radius 3 is 1.94 bits per heavy atom. The van der Waals surface area contributed by atoms with Crippen molar-refractivity contribution in [3.8, 4) is 34.8 Å². The molecule has 0 spiro atoms. The van der Waals surface area contributed by atoms with Gasteiger partial charge in [-0.1, -0.05) is 62.7 Å². The number of nitrogens with zero attached hydrogens (tertiary/aromatic N) is 4. The number of aliphatic hydroxyl groups excluding tert-OH is 1. The van der Waals surface area contributed by atoms with Crippen molar-refractivity contribution in [1.82, 2.24) is 19.9 Å². The van der Waals surface area contributed by atoms with Crippen molar-refractivity contribution in [1.29, 1.82) is 0 Å². The van der Waals surface area contributed by atoms with Gasteiger partial charge in [0.25, 0.3) is 26.0 Å². The van der Waals surface area contributed by atoms with E-state index in [-0.39, 0.29) is 63.3 Å². The number of ether oxygens (including phenoxy) is 3. The molecule has 5 rings (SSSR count). The van der Waals surface area contributed by atoms with Gasteiger partial charge in [0.05, 0.1) is 23.5 Å². The first-order valence-corrected chi connectivity index (χ1v) is 18.0. The third-order valence-electron chi connectivity index (χ3n) is 6.79. The number of nitrogens with one attached hydrogen (secondary N) is 1. The molecule has 3 aromatic carbocycles. The SMILES string of the molecule is COc1ccccc1Oc1c(NS(=O)(=O)c2ccc(C(C)(C)C)cc2)nc(-c2ncccn2)nc1OCCO.Cc1ccc(S(=O)(=O)O)cc1. The minimum Gasteiger partial charge on any atom is -0.493 e. The molecule has 0 aliphatic rings. The Balaban J connectivity index is 0.000000435. The molecular formula is C34H37N5O9S2. The van der Waals surface area contributed by atoms with Crippen LogP contribution in [0.1, 0.15) is 31.9 Å². The number of hydrogen-bond donors (Lipinski definition) is 3. The van der Waals surface area contributed by atoms with Crippen LogP contribution in [0.4, 0.5) is 5.82 Å². The Kier molecular flexibility index (Phi) is 12.1. The minimum atomic E-state index is -4.14. The molecule has 5 aromatic rings. The summed E-state index contributed by atoms with van der Waals surface area (Å²) >= 11 is 0. The van der Waals surface area contributed by atoms with E-state index in [0.717, 1.165) is 11.1 Å². The number of methoxy groups -OCH3 is 1. The van der Waals surface area contributed by atoms with Crippen LogP contribution in [0.15, 0.2) is 101 Å². The number of para-hydroxylation sites is 2. The maximum absolute atomic E-state index is 13.5. The number of hydrogen-bond acceptors (Lipinski definition) is 12. The molecule has 50 heavy (non-hydrogen) atoms. The summed E-state index contributed by atoms with van der Waals surface area (Å²) in [6.45, 7) is 7.49. The number of aromatic nitrogens is 4. The van der Waals surface area contributed by atoms with Crippen LogP contribution >= 0.6 is 0 Å². The zero-order chi connectivity index (χ0) is 36.5. The normalized spacial score (nSPS) is 11.6. The zero-order valence-electron chi connectivity index (χ0n) is 27.9. The molecule has 0 bridgehead atoms. The predicted molar refractivity (Wildman–Crippen MR) is 186 cm³/mol. The van der Waals surface area contributed by atoms with Gasteiger partial charge in [-0.3, -0.25) is 9.27 Å². The molecule has 0 aliphatic carbocycles. The average molecular weight is 724 g/mol. The molecule has 3 N–H and O–H groups in total. The predicted octanol–water partition coefficient (Wildman–Crippen LogP) is 5.45. The third-order valence-corrected chi connectivity index (χ3v) is 9.01. The molecule has 0 fully saturated rings. The van der Waals surface area contributed by atoms with Crippen molar-refractivity contribution in [3.63, 3.8) is 0 Å². The summed E-state index contributed by atoms with van der Waals surface area (Å²) in [5.41, 5.74) is 1.78. The van der Waals surface area contributed by atoms with Crippen molar-refractivity contribution in [2.75, 3.05) is 25.0 Å². The largest absolute Gasteiger partial charge is 0.493 e. The average Bonchev–Trinajstić information content (AvgIpc) is 3.08. The first-order chi connectivity index (χ1) is 23.6. The fraction of sp³-hybridized carbons (Fsp3) is 0.235. The fourth-order valence-electron chi connectivity index (χ4n) is 4.19. The Labute approximate surface area is 291 Å². The maximum atomic E-state index is 13.5. The van der Waals surface area contributed by atoms with Crippen LogP contribution in [0, 0.1) is 6.92 Å². The van der Waals surface area contributed by atoms with Crippen LogP contribution in [0.5, 0.6) is 23.1 Å². The molecule has 0 aliphatic heterocycles. The molecule has 0 saturated heterocycles. The summed E-state index contributed by atoms with van der Waals surface area (Å²) in [5, 5.41) is 9.40. The monoisotopic (exact) mass is 723 g/mol. The molecular weight excluding hydrogens is 687 g/mol. The van der Waals surface area contributed by atoms with Crippen molar-refractivity contribution >= 4 is 26.0 Å². The van der Waals surface area contributed by atoms with Crippen LogP contribution in [-0.4, -0.2) is 66.8 Å². The molecule has 2 aromatic heterocycles. The molecule has 0 radical (unpaired) electrons. The summed E-state index contributed by atoms with van der Waals surface area (Å²) in [6, 6.07) is 21.0. The first kappa shape index (κ1) is 37.7. The molecule has 0 amide bonds. The van der Waals surface area contributed by atoms with E-state index >= 15 is 0 Å². The Bertz CT molecular complexity index is 2110. The number of aryl methyl sites for hydroxylation is 1. The second-order valence-corrected chi connectivity index (χ2v) is 14.7. The highest BCUT2D eigenvalue weighted by Gasteiger charge is 2.26. The summed E-state index contributed by atoms with van der Waals surface area (Å²) in [5.74, 6) is 0.271. The second kappa shape index (κ2) is 16.0. The van der Waals surface area contributed by atoms with Crippen LogP contribution in [0.2, 0.25) is 0 Å². The molecule has 0 atom stereocenters. The van der Waals surface area contributed by atoms with Gasteiger partial charge < -0.3 is 19.3 Å². The van der Waals surface area contributed by atoms with Crippen molar-refractivity contribution in [2.24, 2.45) is 0 Å². The summed E-state index contributed by atoms with van der Waals surface area (Å²) < 4.78 is 76.2. The van der Waals surface area contributed by atoms with Crippen molar-refractivity contribution < 1.29 is 40.7 Å². The summed E-state index contributed by atoms with van der Waals surface area (Å²) in [4.78, 5) is 17.0. The number of aliphatic hydroxyl groups is 1. The lowest BCUT2D eigenvalue weighted by Gasteiger charge is -2.20. The molecule has 2 heterocycles. The van der Waals surface area contributed by atoms with Crippen LogP contribution in [0.25, 0.3) is 11.6 Å². The van der Waals surface area contributed by atoms with Gasteiger partial charge >= 0.3 is 0 Å². The van der Waals surface area contributed by atoms with Crippen LogP contribution < -0.4 is 18.9 Å². The topological polar surface area (TPSA) is 200 Å². The Morgan fingerprint density at radius 1 is 0.780 bits per heavy atom. The Morgan fingerprint density at radius 2 is 1.38 bits per heavy atom. The number of sulfonamides is 1. The highest BCUT2D eigenvalue weighted by atomic mass is 32.2. The number of rotatable bonds is 11. The number of anilines is 1. The van der Waals surface area contributed by atoms with E-state index in [0.29, 0.717) is 5.75 Å². The molecule has 0 unspecified atom stereocenters. The number of benzene rings is 3. The quantitative estimate of drug-likeness (QED) is 0.146. The maximum Gasteiger partial charge on any atom is 0.294 e. The van der Waals surface area contributed by atoms with Gasteiger partial charge in [0.2, 0.25) is 11.6 Å². The zero-order valence-corrected chi connectivity index (χ0v) is 29.6. The standard InChI is InChI=1S/C27H29N5O6S.C7H8O3S/c1-27(2,3)18-10-12-19(13-11-18)39(34,35)32-23-22(38-21-9-6-5-8-20(21)36-4)26(37-17-16-33)31-25(30-23)24-28-14-7-15-29-24;1-6-2-4-7(5-3-6)11(8,9)10/h5-15,33H,16-17H2,1-4H3,(H,30,31,32);2-5H,1H3,(H,8,9,10). The van der Waals surface area contributed by atoms with E-state index in [1.807, 2.05) is 27.7 Å². The lowest BCUT2D eigenvalue weighted by Crippen LogP contribution is -2.17. The first-order valence-electron chi connectivity index (χ1n) is 15.0. The van der Waals surface area contributed by atoms with E-state index in [9.17, 15) is 21.9 Å². The van der Waals surface area contributed by atoms with E-state index < -0.39 is 20.1 Å². The fourth-order valence-corrected chi connectivity index (χ4v) is 5.67. The van der Waals surface area contributed by atoms with Gasteiger partial charge in [-0.2, -0.15) is 13.4 Å². The summed E-state index contributed by atoms with van der Waals surface area (Å²) in [6.07, 6.45) is 3.00. The van der Waals surface area contributed by atoms with Gasteiger partial charge in [0, 0.05) is 12.4 Å². The lowest BCUT2D eigenvalue weighted by molar-refractivity contribution is 0.192. The Hall–Kier alpha value is -5.16. The van der Waals surface area contributed by atoms with Gasteiger partial charge in [0.1, 0.15) is 6.61 Å². The smallest absolute Gasteiger partial charge is 0.294 e. The summed E-state index contributed by atoms with van der Waals surface area (Å²) in [7, 11) is -6.68. The van der Waals surface area contributed by atoms with Gasteiger partial charge in [-0.05, 0) is 60.4 Å². The van der Waals surface area contributed by atoms with E-state index in [2.05, 4.69) is 24.7 Å². The lowest BCUT2D eigenvalue weighted by atomic mass is 9.87. The third kappa shape index (κ3) is 9.94. The van der Waals surface area contributed by atoms with Gasteiger partial charge in [-0.15, -0.1) is 0 Å². The second-order valence-electron chi connectivity index (χ2n) is 11.6. The van der Waals surface area contributed by atoms with E-state index in [1.54, 1.807) is 54.6 Å². The van der Waals surface area contributed by atoms with Gasteiger partial charge in [0.15, 0.2) is 23.1 Å². The van der Waals surface area contributed by atoms with Gasteiger partial charge in [-0.25, -0.2) is 23.4 Å². The van der Waals surface area contributed by atoms with Crippen molar-refractivity contribution in [2.45, 2.75) is 42.9 Å². The van der Waals surface area contributed by atoms with E-state index in [1.165, 1.54) is 43.8 Å². The highest BCUT2D eigenvalue weighted by Crippen LogP contribution is 2.41. The van der Waals surface area contributed by atoms with E-state index in [4.69, 9.17) is 18.8 Å². The van der Waals surface area contributed by atoms with Crippen LogP contribution in [0.3, 0.4) is 0 Å². The van der Waals surface area contributed by atoms with Crippen molar-refractivity contribution in [3.05, 3.63) is 102 Å². The molecule has 264 valence electrons. The minimum absolute atomic E-state index is 0.0169. The highest BCUT2D eigenvalue weighted by molar-refractivity contribution is 7.92.